The second-order valence-electron chi connectivity index (χ2n) is 11.0. The molecule has 0 aliphatic carbocycles. The second-order valence-corrected chi connectivity index (χ2v) is 11.4. The van der Waals surface area contributed by atoms with Crippen molar-refractivity contribution in [2.45, 2.75) is 44.2 Å². The van der Waals surface area contributed by atoms with Gasteiger partial charge >= 0.3 is 5.97 Å². The molecule has 2 aromatic rings. The van der Waals surface area contributed by atoms with Gasteiger partial charge in [0.25, 0.3) is 5.91 Å². The van der Waals surface area contributed by atoms with E-state index in [0.717, 1.165) is 22.6 Å². The summed E-state index contributed by atoms with van der Waals surface area (Å²) in [6.45, 7) is 6.18. The summed E-state index contributed by atoms with van der Waals surface area (Å²) >= 11 is 5.55. The number of carbonyl (C=O) groups excluding carboxylic acids is 3. The number of amides is 2. The summed E-state index contributed by atoms with van der Waals surface area (Å²) in [6, 6.07) is 12.4. The van der Waals surface area contributed by atoms with Gasteiger partial charge in [0, 0.05) is 29.5 Å². The summed E-state index contributed by atoms with van der Waals surface area (Å²) < 4.78 is 20.4. The van der Waals surface area contributed by atoms with Crippen LogP contribution in [0.5, 0.6) is 0 Å². The smallest absolute Gasteiger partial charge is 0.326 e. The molecule has 2 aromatic carbocycles. The molecule has 3 aliphatic rings. The highest BCUT2D eigenvalue weighted by Gasteiger charge is 2.84. The van der Waals surface area contributed by atoms with Gasteiger partial charge < -0.3 is 15.0 Å². The van der Waals surface area contributed by atoms with Crippen molar-refractivity contribution in [3.05, 3.63) is 58.9 Å². The van der Waals surface area contributed by atoms with Gasteiger partial charge in [0.1, 0.15) is 23.0 Å². The minimum Gasteiger partial charge on any atom is -0.459 e. The van der Waals surface area contributed by atoms with Crippen molar-refractivity contribution >= 4 is 46.4 Å². The van der Waals surface area contributed by atoms with Crippen molar-refractivity contribution in [1.82, 2.24) is 5.32 Å². The van der Waals surface area contributed by atoms with Crippen LogP contribution in [-0.2, 0) is 30.1 Å². The fraction of sp³-hybridized carbons (Fsp3) is 0.357. The van der Waals surface area contributed by atoms with Crippen molar-refractivity contribution in [3.8, 4) is 12.1 Å². The van der Waals surface area contributed by atoms with E-state index in [1.54, 1.807) is 45.9 Å². The van der Waals surface area contributed by atoms with E-state index in [2.05, 4.69) is 5.32 Å². The molecule has 3 aliphatic heterocycles. The van der Waals surface area contributed by atoms with Crippen LogP contribution in [0, 0.1) is 40.8 Å². The number of benzene rings is 2. The molecule has 3 heterocycles. The molecular weight excluding hydrogens is 521 g/mol. The van der Waals surface area contributed by atoms with Crippen molar-refractivity contribution in [2.24, 2.45) is 5.41 Å². The molecule has 1 saturated heterocycles. The molecular formula is C28H24FN5O4S. The van der Waals surface area contributed by atoms with Gasteiger partial charge in [-0.25, -0.2) is 4.39 Å². The van der Waals surface area contributed by atoms with Gasteiger partial charge in [0.2, 0.25) is 11.3 Å². The summed E-state index contributed by atoms with van der Waals surface area (Å²) in [6.07, 6.45) is 0. The highest BCUT2D eigenvalue weighted by molar-refractivity contribution is 7.80. The van der Waals surface area contributed by atoms with Crippen molar-refractivity contribution < 1.29 is 23.5 Å². The van der Waals surface area contributed by atoms with E-state index in [9.17, 15) is 29.3 Å². The van der Waals surface area contributed by atoms with Gasteiger partial charge in [-0.05, 0) is 52.0 Å². The number of fused-ring (bicyclic) bond motifs is 5. The van der Waals surface area contributed by atoms with Gasteiger partial charge in [0.05, 0.1) is 12.1 Å². The van der Waals surface area contributed by atoms with Crippen LogP contribution in [0.4, 0.5) is 15.8 Å². The van der Waals surface area contributed by atoms with Crippen molar-refractivity contribution in [3.63, 3.8) is 0 Å². The number of hydrogen-bond acceptors (Lipinski definition) is 7. The average Bonchev–Trinajstić information content (AvgIpc) is 3.33. The molecule has 2 amide bonds. The first-order valence-corrected chi connectivity index (χ1v) is 12.5. The largest absolute Gasteiger partial charge is 0.459 e. The lowest BCUT2D eigenvalue weighted by Crippen LogP contribution is -2.65. The van der Waals surface area contributed by atoms with E-state index in [4.69, 9.17) is 17.0 Å². The molecule has 5 rings (SSSR count). The molecule has 0 saturated carbocycles. The minimum absolute atomic E-state index is 0.0737. The lowest BCUT2D eigenvalue weighted by Gasteiger charge is -2.41. The third kappa shape index (κ3) is 3.02. The number of rotatable bonds is 2. The number of thiocarbonyl (C=S) groups is 1. The maximum Gasteiger partial charge on any atom is 0.326 e. The quantitative estimate of drug-likeness (QED) is 0.451. The van der Waals surface area contributed by atoms with E-state index >= 15 is 0 Å². The van der Waals surface area contributed by atoms with Gasteiger partial charge in [-0.15, -0.1) is 0 Å². The first kappa shape index (κ1) is 26.3. The van der Waals surface area contributed by atoms with E-state index in [1.165, 1.54) is 18.0 Å². The van der Waals surface area contributed by atoms with Gasteiger partial charge in [-0.1, -0.05) is 29.9 Å². The van der Waals surface area contributed by atoms with Crippen LogP contribution in [-0.4, -0.2) is 42.0 Å². The zero-order chi connectivity index (χ0) is 28.7. The standard InChI is InChI=1S/C28H24FN5O4S/c1-15-6-8-19-18(10-15)28(24(37)33(19)5)27(26(13-30,14-31)22(39)32-28)17-11-16(29)7-9-20(17)34(23(27)36)12-21(35)38-25(2,3)4/h6-11H,12H2,1-5H3,(H,32,39)/t27-,28+/m0/s1. The summed E-state index contributed by atoms with van der Waals surface area (Å²) in [4.78, 5) is 44.1. The Labute approximate surface area is 229 Å². The zero-order valence-electron chi connectivity index (χ0n) is 21.9. The van der Waals surface area contributed by atoms with Gasteiger partial charge in [0.15, 0.2) is 11.0 Å². The molecule has 9 nitrogen and oxygen atoms in total. The third-order valence-corrected chi connectivity index (χ3v) is 7.98. The highest BCUT2D eigenvalue weighted by atomic mass is 32.1. The molecule has 0 bridgehead atoms. The summed E-state index contributed by atoms with van der Waals surface area (Å²) in [5.74, 6) is -3.10. The number of halogens is 1. The van der Waals surface area contributed by atoms with Crippen LogP contribution in [0.3, 0.4) is 0 Å². The van der Waals surface area contributed by atoms with Crippen molar-refractivity contribution in [2.75, 3.05) is 23.4 Å². The van der Waals surface area contributed by atoms with Crippen LogP contribution < -0.4 is 15.1 Å². The molecule has 0 unspecified atom stereocenters. The Morgan fingerprint density at radius 1 is 1.08 bits per heavy atom. The molecule has 198 valence electrons. The highest BCUT2D eigenvalue weighted by Crippen LogP contribution is 2.67. The summed E-state index contributed by atoms with van der Waals surface area (Å²) in [5.41, 5.74) is -6.28. The number of nitrogens with zero attached hydrogens (tertiary/aromatic N) is 4. The normalized spacial score (nSPS) is 24.5. The number of anilines is 2. The molecule has 1 fully saturated rings. The SMILES string of the molecule is Cc1ccc2c(c1)[C@@]1(NC(=S)C(C#N)(C#N)[C@]13C(=O)N(CC(=O)OC(C)(C)C)c1ccc(F)cc13)C(=O)N2C. The van der Waals surface area contributed by atoms with Gasteiger partial charge in [-0.2, -0.15) is 10.5 Å². The number of hydrogen-bond donors (Lipinski definition) is 1. The maximum atomic E-state index is 15.0. The monoisotopic (exact) mass is 545 g/mol. The van der Waals surface area contributed by atoms with E-state index < -0.39 is 52.1 Å². The Morgan fingerprint density at radius 2 is 1.72 bits per heavy atom. The maximum absolute atomic E-state index is 15.0. The molecule has 0 aromatic heterocycles. The van der Waals surface area contributed by atoms with E-state index in [1.807, 2.05) is 12.1 Å². The Bertz CT molecular complexity index is 1590. The fourth-order valence-electron chi connectivity index (χ4n) is 6.16. The first-order chi connectivity index (χ1) is 18.2. The Hall–Kier alpha value is -4.35. The molecule has 11 heteroatoms. The minimum atomic E-state index is -2.42. The predicted molar refractivity (Wildman–Crippen MR) is 142 cm³/mol. The number of likely N-dealkylation sites (N-methyl/N-ethyl adjacent to an activating group) is 1. The van der Waals surface area contributed by atoms with Crippen LogP contribution in [0.25, 0.3) is 0 Å². The van der Waals surface area contributed by atoms with Crippen LogP contribution in [0.15, 0.2) is 36.4 Å². The molecule has 2 spiro atoms. The Morgan fingerprint density at radius 3 is 2.33 bits per heavy atom. The Balaban J connectivity index is 1.90. The van der Waals surface area contributed by atoms with Gasteiger partial charge in [-0.3, -0.25) is 19.3 Å². The second kappa shape index (κ2) is 8.08. The molecule has 2 atom stereocenters. The number of aryl methyl sites for hydroxylation is 1. The number of esters is 1. The summed E-state index contributed by atoms with van der Waals surface area (Å²) in [7, 11) is 1.51. The number of carbonyl (C=O) groups is 3. The molecule has 39 heavy (non-hydrogen) atoms. The fourth-order valence-corrected chi connectivity index (χ4v) is 6.56. The number of ether oxygens (including phenoxy) is 1. The van der Waals surface area contributed by atoms with E-state index in [-0.39, 0.29) is 16.2 Å². The van der Waals surface area contributed by atoms with Crippen LogP contribution >= 0.6 is 12.2 Å². The molecule has 1 N–H and O–H groups in total. The van der Waals surface area contributed by atoms with Crippen molar-refractivity contribution in [1.29, 1.82) is 10.5 Å². The van der Waals surface area contributed by atoms with E-state index in [0.29, 0.717) is 11.3 Å². The predicted octanol–water partition coefficient (Wildman–Crippen LogP) is 2.90. The lowest BCUT2D eigenvalue weighted by atomic mass is 9.53. The lowest BCUT2D eigenvalue weighted by molar-refractivity contribution is -0.153. The number of nitrogens with one attached hydrogen (secondary N) is 1. The molecule has 0 radical (unpaired) electrons. The number of nitriles is 2. The average molecular weight is 546 g/mol. The Kier molecular flexibility index (Phi) is 5.44. The first-order valence-electron chi connectivity index (χ1n) is 12.1. The third-order valence-electron chi connectivity index (χ3n) is 7.57. The topological polar surface area (TPSA) is 127 Å². The van der Waals surface area contributed by atoms with Crippen LogP contribution in [0.1, 0.15) is 37.5 Å². The zero-order valence-corrected chi connectivity index (χ0v) is 22.7. The van der Waals surface area contributed by atoms with Crippen LogP contribution in [0.2, 0.25) is 0 Å². The summed E-state index contributed by atoms with van der Waals surface area (Å²) in [5, 5.41) is 24.1.